The van der Waals surface area contributed by atoms with Crippen LogP contribution in [-0.4, -0.2) is 42.4 Å². The first kappa shape index (κ1) is 24.7. The van der Waals surface area contributed by atoms with Gasteiger partial charge in [-0.2, -0.15) is 21.6 Å². The fourth-order valence-corrected chi connectivity index (χ4v) is 0.283. The molecule has 0 aliphatic heterocycles. The molecule has 0 bridgehead atoms. The molecule has 0 aromatic carbocycles. The van der Waals surface area contributed by atoms with Crippen LogP contribution in [0.15, 0.2) is 0 Å². The van der Waals surface area contributed by atoms with Crippen LogP contribution in [0.4, 0.5) is 38.4 Å². The van der Waals surface area contributed by atoms with Crippen molar-refractivity contribution < 1.29 is 55.3 Å². The Hall–Kier alpha value is -0.330. The molecule has 0 aliphatic rings. The van der Waals surface area contributed by atoms with Crippen LogP contribution in [-0.2, 0) is 18.7 Å². The molecule has 4 nitrogen and oxygen atoms in total. The topological polar surface area (TPSA) is 46.1 Å². The van der Waals surface area contributed by atoms with Gasteiger partial charge >= 0.3 is 48.6 Å². The van der Waals surface area contributed by atoms with Gasteiger partial charge in [0.2, 0.25) is 0 Å². The van der Waals surface area contributed by atoms with Gasteiger partial charge < -0.3 is 4.37 Å². The van der Waals surface area contributed by atoms with Gasteiger partial charge in [0.1, 0.15) is 21.3 Å². The predicted octanol–water partition coefficient (Wildman–Crippen LogP) is 4.29. The second-order valence-electron chi connectivity index (χ2n) is 3.25. The Bertz CT molecular complexity index is 365. The Morgan fingerprint density at radius 3 is 1.05 bits per heavy atom. The second kappa shape index (κ2) is 6.20. The van der Waals surface area contributed by atoms with Crippen molar-refractivity contribution in [1.82, 2.24) is 0 Å². The van der Waals surface area contributed by atoms with Gasteiger partial charge in [0.15, 0.2) is 0 Å². The van der Waals surface area contributed by atoms with Gasteiger partial charge in [-0.05, 0) is 0 Å². The van der Waals surface area contributed by atoms with Crippen molar-refractivity contribution >= 4 is 17.9 Å². The molecule has 0 radical (unpaired) electrons. The maximum absolute atomic E-state index is 11.1. The monoisotopic (exact) mass is 370 g/mol. The summed E-state index contributed by atoms with van der Waals surface area (Å²) in [5.74, 6) is 0. The van der Waals surface area contributed by atoms with E-state index in [1.807, 2.05) is 21.3 Å². The average Bonchev–Trinajstić information content (AvgIpc) is 1.94. The van der Waals surface area contributed by atoms with E-state index in [9.17, 15) is 46.8 Å². The third kappa shape index (κ3) is 36.1. The fraction of sp³-hybridized carbons (Fsp3) is 1.00. The minimum atomic E-state index is -10.7. The second-order valence-corrected chi connectivity index (χ2v) is 6.87. The number of hydrogen-bond acceptors (Lipinski definition) is 3. The molecule has 0 aliphatic carbocycles. The zero-order valence-corrected chi connectivity index (χ0v) is 12.1. The molecule has 0 aromatic heterocycles. The fourth-order valence-electron chi connectivity index (χ4n) is 0.0945. The molecule has 15 heteroatoms. The van der Waals surface area contributed by atoms with Crippen LogP contribution in [0.5, 0.6) is 0 Å². The van der Waals surface area contributed by atoms with Crippen molar-refractivity contribution in [1.29, 1.82) is 0 Å². The molecule has 0 atom stereocenters. The van der Waals surface area contributed by atoms with E-state index in [0.29, 0.717) is 7.11 Å². The first-order valence-electron chi connectivity index (χ1n) is 3.92. The third-order valence-corrected chi connectivity index (χ3v) is 1.51. The molecular weight excluding hydrogens is 358 g/mol. The Balaban J connectivity index is -0.000000234. The summed E-state index contributed by atoms with van der Waals surface area (Å²) in [5.41, 5.74) is -5.30. The first-order valence-corrected chi connectivity index (χ1v) is 7.35. The predicted molar refractivity (Wildman–Crippen MR) is 54.4 cm³/mol. The van der Waals surface area contributed by atoms with Crippen molar-refractivity contribution in [2.24, 2.45) is 0 Å². The summed E-state index contributed by atoms with van der Waals surface area (Å²) in [5, 5.41) is 0. The van der Waals surface area contributed by atoms with E-state index < -0.39 is 23.4 Å². The van der Waals surface area contributed by atoms with Crippen LogP contribution in [0, 0.1) is 0 Å². The van der Waals surface area contributed by atoms with Gasteiger partial charge in [0, 0.05) is 0 Å². The van der Waals surface area contributed by atoms with Crippen molar-refractivity contribution in [3.63, 3.8) is 0 Å². The van der Waals surface area contributed by atoms with Gasteiger partial charge in [-0.15, -0.1) is 0 Å². The van der Waals surface area contributed by atoms with Gasteiger partial charge in [-0.1, -0.05) is 0 Å². The third-order valence-electron chi connectivity index (χ3n) is 0.503. The minimum absolute atomic E-state index is 0.447. The van der Waals surface area contributed by atoms with Crippen LogP contribution in [0.25, 0.3) is 0 Å². The molecule has 0 fully saturated rings. The molecule has 0 heterocycles. The van der Waals surface area contributed by atoms with Crippen molar-refractivity contribution in [3.8, 4) is 0 Å². The van der Waals surface area contributed by atoms with E-state index in [1.54, 1.807) is 0 Å². The first-order chi connectivity index (χ1) is 7.99. The number of halogens is 9. The van der Waals surface area contributed by atoms with Gasteiger partial charge in [0.25, 0.3) is 0 Å². The van der Waals surface area contributed by atoms with Gasteiger partial charge in [-0.3, -0.25) is 4.18 Å². The number of alkyl halides is 3. The van der Waals surface area contributed by atoms with E-state index in [2.05, 4.69) is 8.55 Å². The van der Waals surface area contributed by atoms with E-state index in [-0.39, 0.29) is 0 Å². The number of hydrogen-bond donors (Lipinski definition) is 0. The molecule has 0 unspecified atom stereocenters. The quantitative estimate of drug-likeness (QED) is 0.227. The summed E-state index contributed by atoms with van der Waals surface area (Å²) in [4.78, 5) is 0. The summed E-state index contributed by atoms with van der Waals surface area (Å²) >= 11 is 0. The SMILES string of the molecule is COS(=O)(=O)C(F)(F)F.C[O+](C)C.F[P-](F)(F)(F)(F)F. The zero-order valence-electron chi connectivity index (χ0n) is 10.4. The van der Waals surface area contributed by atoms with Crippen LogP contribution >= 0.6 is 7.81 Å². The van der Waals surface area contributed by atoms with E-state index in [1.165, 1.54) is 0 Å². The summed E-state index contributed by atoms with van der Waals surface area (Å²) < 4.78 is 118. The van der Waals surface area contributed by atoms with Crippen LogP contribution in [0.2, 0.25) is 0 Å². The van der Waals surface area contributed by atoms with E-state index in [0.717, 1.165) is 0 Å². The van der Waals surface area contributed by atoms with Crippen LogP contribution in [0.1, 0.15) is 0 Å². The normalized spacial score (nSPS) is 16.1. The average molecular weight is 370 g/mol. The molecule has 0 N–H and O–H groups in total. The molecule has 0 aromatic rings. The van der Waals surface area contributed by atoms with Crippen molar-refractivity contribution in [2.75, 3.05) is 28.4 Å². The zero-order chi connectivity index (χ0) is 17.7. The Labute approximate surface area is 108 Å². The Kier molecular flexibility index (Phi) is 7.65. The number of rotatable bonds is 1. The van der Waals surface area contributed by atoms with Crippen LogP contribution in [0.3, 0.4) is 0 Å². The molecular formula is C5H12F9O4PS. The Morgan fingerprint density at radius 2 is 1.05 bits per heavy atom. The van der Waals surface area contributed by atoms with Crippen molar-refractivity contribution in [3.05, 3.63) is 0 Å². The molecule has 20 heavy (non-hydrogen) atoms. The summed E-state index contributed by atoms with van der Waals surface area (Å²) in [6, 6.07) is 0. The molecule has 0 saturated carbocycles. The van der Waals surface area contributed by atoms with E-state index in [4.69, 9.17) is 0 Å². The molecule has 0 spiro atoms. The Morgan fingerprint density at radius 1 is 0.900 bits per heavy atom. The standard InChI is InChI=1S/C3H9O.C2H3F3O3S.F6P/c1-4(2)3;1-8-9(6,7)2(3,4)5;1-7(2,3,4,5)6/h1-3H3;1H3;/q+1;;-1. The van der Waals surface area contributed by atoms with Gasteiger partial charge in [-0.25, -0.2) is 0 Å². The summed E-state index contributed by atoms with van der Waals surface area (Å²) in [7, 11) is -9.80. The van der Waals surface area contributed by atoms with Crippen molar-refractivity contribution in [2.45, 2.75) is 5.51 Å². The summed E-state index contributed by atoms with van der Waals surface area (Å²) in [6.07, 6.45) is 0. The van der Waals surface area contributed by atoms with Crippen LogP contribution < -0.4 is 0 Å². The molecule has 0 rings (SSSR count). The maximum atomic E-state index is 11.1. The molecule has 0 saturated heterocycles. The molecule has 0 amide bonds. The summed E-state index contributed by atoms with van der Waals surface area (Å²) in [6.45, 7) is 0. The molecule has 130 valence electrons. The van der Waals surface area contributed by atoms with E-state index >= 15 is 0 Å². The van der Waals surface area contributed by atoms with Gasteiger partial charge in [0.05, 0.1) is 7.11 Å².